The predicted octanol–water partition coefficient (Wildman–Crippen LogP) is 3.75. The summed E-state index contributed by atoms with van der Waals surface area (Å²) in [7, 11) is 0. The van der Waals surface area contributed by atoms with Crippen LogP contribution >= 0.6 is 0 Å². The molecule has 0 radical (unpaired) electrons. The van der Waals surface area contributed by atoms with Crippen molar-refractivity contribution in [3.8, 4) is 0 Å². The summed E-state index contributed by atoms with van der Waals surface area (Å²) in [6.45, 7) is 8.96. The molecule has 1 saturated heterocycles. The lowest BCUT2D eigenvalue weighted by Gasteiger charge is -2.14. The molecule has 1 aromatic rings. The fraction of sp³-hybridized carbons (Fsp3) is 0.429. The van der Waals surface area contributed by atoms with E-state index >= 15 is 0 Å². The maximum absolute atomic E-state index is 2.49. The predicted molar refractivity (Wildman–Crippen MR) is 64.5 cm³/mol. The van der Waals surface area contributed by atoms with Crippen LogP contribution in [0.1, 0.15) is 39.3 Å². The highest BCUT2D eigenvalue weighted by Gasteiger charge is 2.40. The van der Waals surface area contributed by atoms with Gasteiger partial charge in [0.2, 0.25) is 0 Å². The lowest BCUT2D eigenvalue weighted by atomic mass is 10.1. The van der Waals surface area contributed by atoms with Gasteiger partial charge in [-0.2, -0.15) is 0 Å². The smallest absolute Gasteiger partial charge is 0.0666 e. The second-order valence-electron chi connectivity index (χ2n) is 4.56. The molecule has 0 unspecified atom stereocenters. The zero-order valence-corrected chi connectivity index (χ0v) is 9.99. The summed E-state index contributed by atoms with van der Waals surface area (Å²) in [6.07, 6.45) is 0. The quantitative estimate of drug-likeness (QED) is 0.659. The first-order chi connectivity index (χ1) is 7.13. The molecule has 0 saturated carbocycles. The van der Waals surface area contributed by atoms with Crippen LogP contribution in [0.5, 0.6) is 0 Å². The molecule has 80 valence electrons. The van der Waals surface area contributed by atoms with Crippen LogP contribution in [0.4, 0.5) is 0 Å². The molecule has 1 heterocycles. The van der Waals surface area contributed by atoms with Gasteiger partial charge >= 0.3 is 0 Å². The monoisotopic (exact) mass is 201 g/mol. The second kappa shape index (κ2) is 3.73. The summed E-state index contributed by atoms with van der Waals surface area (Å²) < 4.78 is 0. The van der Waals surface area contributed by atoms with Crippen LogP contribution in [0, 0.1) is 0 Å². The van der Waals surface area contributed by atoms with Gasteiger partial charge in [0.15, 0.2) is 0 Å². The van der Waals surface area contributed by atoms with Gasteiger partial charge in [-0.1, -0.05) is 35.9 Å². The fourth-order valence-electron chi connectivity index (χ4n) is 2.43. The van der Waals surface area contributed by atoms with Gasteiger partial charge in [-0.15, -0.1) is 0 Å². The lowest BCUT2D eigenvalue weighted by Crippen LogP contribution is -2.06. The second-order valence-corrected chi connectivity index (χ2v) is 4.56. The molecule has 0 bridgehead atoms. The number of allylic oxidation sites excluding steroid dienone is 1. The molecule has 1 nitrogen and oxygen atoms in total. The summed E-state index contributed by atoms with van der Waals surface area (Å²) >= 11 is 0. The third-order valence-electron chi connectivity index (χ3n) is 3.23. The van der Waals surface area contributed by atoms with Gasteiger partial charge < -0.3 is 4.90 Å². The number of hydrogen-bond acceptors (Lipinski definition) is 1. The Labute approximate surface area is 92.4 Å². The van der Waals surface area contributed by atoms with Gasteiger partial charge in [0.25, 0.3) is 0 Å². The molecule has 0 N–H and O–H groups in total. The van der Waals surface area contributed by atoms with Crippen molar-refractivity contribution in [2.45, 2.75) is 39.8 Å². The van der Waals surface area contributed by atoms with Crippen molar-refractivity contribution >= 4 is 0 Å². The molecule has 1 heteroatoms. The van der Waals surface area contributed by atoms with Crippen molar-refractivity contribution in [3.05, 3.63) is 47.2 Å². The van der Waals surface area contributed by atoms with Crippen LogP contribution in [0.2, 0.25) is 0 Å². The number of nitrogens with zero attached hydrogens (tertiary/aromatic N) is 1. The average molecular weight is 201 g/mol. The maximum Gasteiger partial charge on any atom is 0.0666 e. The van der Waals surface area contributed by atoms with Gasteiger partial charge in [0.1, 0.15) is 0 Å². The lowest BCUT2D eigenvalue weighted by molar-refractivity contribution is 0.427. The number of hydrogen-bond donors (Lipinski definition) is 0. The minimum Gasteiger partial charge on any atom is -0.358 e. The van der Waals surface area contributed by atoms with Gasteiger partial charge in [-0.3, -0.25) is 0 Å². The SMILES string of the molecule is CC(C)=C1[C@@H](C)N1[C@H](C)c1ccccc1. The van der Waals surface area contributed by atoms with Crippen LogP contribution in [-0.4, -0.2) is 10.9 Å². The molecule has 1 aliphatic heterocycles. The molecular formula is C14H19N. The first-order valence-electron chi connectivity index (χ1n) is 5.63. The summed E-state index contributed by atoms with van der Waals surface area (Å²) in [4.78, 5) is 2.49. The van der Waals surface area contributed by atoms with Gasteiger partial charge in [0, 0.05) is 5.70 Å². The van der Waals surface area contributed by atoms with E-state index in [0.717, 1.165) is 0 Å². The van der Waals surface area contributed by atoms with E-state index < -0.39 is 0 Å². The van der Waals surface area contributed by atoms with Gasteiger partial charge in [-0.25, -0.2) is 0 Å². The minimum absolute atomic E-state index is 0.506. The zero-order valence-electron chi connectivity index (χ0n) is 9.99. The zero-order chi connectivity index (χ0) is 11.0. The van der Waals surface area contributed by atoms with E-state index in [1.807, 2.05) is 0 Å². The summed E-state index contributed by atoms with van der Waals surface area (Å²) in [5.74, 6) is 0. The molecule has 1 aliphatic rings. The highest BCUT2D eigenvalue weighted by atomic mass is 15.3. The highest BCUT2D eigenvalue weighted by Crippen LogP contribution is 2.43. The molecule has 0 aliphatic carbocycles. The Balaban J connectivity index is 2.19. The molecular weight excluding hydrogens is 182 g/mol. The summed E-state index contributed by atoms with van der Waals surface area (Å²) in [5, 5.41) is 0. The van der Waals surface area contributed by atoms with Gasteiger partial charge in [-0.05, 0) is 33.3 Å². The average Bonchev–Trinajstić information content (AvgIpc) is 2.90. The molecule has 0 spiro atoms. The van der Waals surface area contributed by atoms with Crippen molar-refractivity contribution in [1.29, 1.82) is 0 Å². The number of rotatable bonds is 2. The Morgan fingerprint density at radius 1 is 1.20 bits per heavy atom. The van der Waals surface area contributed by atoms with E-state index in [1.54, 1.807) is 0 Å². The molecule has 0 amide bonds. The van der Waals surface area contributed by atoms with Crippen molar-refractivity contribution in [2.24, 2.45) is 0 Å². The molecule has 15 heavy (non-hydrogen) atoms. The van der Waals surface area contributed by atoms with Crippen LogP contribution in [0.25, 0.3) is 0 Å². The topological polar surface area (TPSA) is 3.01 Å². The third-order valence-corrected chi connectivity index (χ3v) is 3.23. The first-order valence-corrected chi connectivity index (χ1v) is 5.63. The molecule has 2 atom stereocenters. The molecule has 2 rings (SSSR count). The van der Waals surface area contributed by atoms with Crippen molar-refractivity contribution < 1.29 is 0 Å². The van der Waals surface area contributed by atoms with Crippen LogP contribution in [-0.2, 0) is 0 Å². The van der Waals surface area contributed by atoms with E-state index in [1.165, 1.54) is 16.8 Å². The Hall–Kier alpha value is -1.24. The molecule has 0 aromatic heterocycles. The van der Waals surface area contributed by atoms with E-state index in [4.69, 9.17) is 0 Å². The van der Waals surface area contributed by atoms with E-state index in [0.29, 0.717) is 12.1 Å². The Kier molecular flexibility index (Phi) is 2.56. The third kappa shape index (κ3) is 1.79. The van der Waals surface area contributed by atoms with E-state index in [2.05, 4.69) is 62.9 Å². The first kappa shape index (κ1) is 10.3. The van der Waals surface area contributed by atoms with Crippen molar-refractivity contribution in [1.82, 2.24) is 4.90 Å². The molecule has 1 fully saturated rings. The standard InChI is InChI=1S/C14H19N/c1-10(2)14-12(4)15(14)11(3)13-8-6-5-7-9-13/h5-9,11-12H,1-4H3/t11-,12-,15?/m1/s1. The van der Waals surface area contributed by atoms with Crippen molar-refractivity contribution in [2.75, 3.05) is 0 Å². The molecule has 1 aromatic carbocycles. The maximum atomic E-state index is 2.49. The van der Waals surface area contributed by atoms with Crippen molar-refractivity contribution in [3.63, 3.8) is 0 Å². The largest absolute Gasteiger partial charge is 0.358 e. The van der Waals surface area contributed by atoms with E-state index in [-0.39, 0.29) is 0 Å². The Bertz CT molecular complexity index is 374. The van der Waals surface area contributed by atoms with Crippen LogP contribution in [0.15, 0.2) is 41.6 Å². The Morgan fingerprint density at radius 2 is 1.80 bits per heavy atom. The van der Waals surface area contributed by atoms with Crippen LogP contribution in [0.3, 0.4) is 0 Å². The minimum atomic E-state index is 0.506. The summed E-state index contributed by atoms with van der Waals surface area (Å²) in [6, 6.07) is 11.8. The van der Waals surface area contributed by atoms with Crippen LogP contribution < -0.4 is 0 Å². The van der Waals surface area contributed by atoms with E-state index in [9.17, 15) is 0 Å². The number of benzene rings is 1. The fourth-order valence-corrected chi connectivity index (χ4v) is 2.43. The Morgan fingerprint density at radius 3 is 2.27 bits per heavy atom. The normalized spacial score (nSPS) is 21.5. The summed E-state index contributed by atoms with van der Waals surface area (Å²) in [5.41, 5.74) is 4.37. The highest BCUT2D eigenvalue weighted by molar-refractivity contribution is 5.34. The van der Waals surface area contributed by atoms with Gasteiger partial charge in [0.05, 0.1) is 12.1 Å².